The summed E-state index contributed by atoms with van der Waals surface area (Å²) in [5.74, 6) is -1.14. The largest absolute Gasteiger partial charge is 0.481 e. The van der Waals surface area contributed by atoms with Crippen LogP contribution in [0.25, 0.3) is 0 Å². The molecule has 0 fully saturated rings. The van der Waals surface area contributed by atoms with E-state index in [1.54, 1.807) is 25.1 Å². The Morgan fingerprint density at radius 2 is 2.00 bits per heavy atom. The first kappa shape index (κ1) is 17.4. The number of nitrogens with one attached hydrogen (secondary N) is 2. The van der Waals surface area contributed by atoms with Gasteiger partial charge < -0.3 is 15.7 Å². The van der Waals surface area contributed by atoms with Crippen LogP contribution >= 0.6 is 0 Å². The number of hydrogen-bond donors (Lipinski definition) is 3. The maximum atomic E-state index is 11.7. The van der Waals surface area contributed by atoms with Crippen LogP contribution in [0.15, 0.2) is 24.3 Å². The van der Waals surface area contributed by atoms with E-state index in [2.05, 4.69) is 10.6 Å². The highest BCUT2D eigenvalue weighted by Crippen LogP contribution is 2.22. The second-order valence-corrected chi connectivity index (χ2v) is 4.85. The summed E-state index contributed by atoms with van der Waals surface area (Å²) in [6.45, 7) is 1.98. The zero-order chi connectivity index (χ0) is 16.5. The van der Waals surface area contributed by atoms with Gasteiger partial charge in [-0.3, -0.25) is 19.7 Å². The zero-order valence-corrected chi connectivity index (χ0v) is 12.2. The van der Waals surface area contributed by atoms with Gasteiger partial charge in [0, 0.05) is 31.5 Å². The molecular formula is C14H19N3O5. The number of hydrogen-bond acceptors (Lipinski definition) is 5. The van der Waals surface area contributed by atoms with Crippen molar-refractivity contribution in [3.63, 3.8) is 0 Å². The van der Waals surface area contributed by atoms with Gasteiger partial charge in [0.2, 0.25) is 5.91 Å². The summed E-state index contributed by atoms with van der Waals surface area (Å²) in [5.41, 5.74) is 0.317. The second kappa shape index (κ2) is 8.60. The van der Waals surface area contributed by atoms with Gasteiger partial charge >= 0.3 is 5.97 Å². The lowest BCUT2D eigenvalue weighted by atomic mass is 10.2. The molecule has 1 rings (SSSR count). The fraction of sp³-hybridized carbons (Fsp3) is 0.429. The summed E-state index contributed by atoms with van der Waals surface area (Å²) in [4.78, 5) is 32.4. The van der Waals surface area contributed by atoms with Gasteiger partial charge in [0.25, 0.3) is 5.69 Å². The van der Waals surface area contributed by atoms with Gasteiger partial charge in [-0.05, 0) is 19.4 Å². The molecule has 8 heteroatoms. The van der Waals surface area contributed by atoms with Crippen molar-refractivity contribution in [1.29, 1.82) is 0 Å². The van der Waals surface area contributed by atoms with Crippen LogP contribution in [0.4, 0.5) is 11.4 Å². The maximum absolute atomic E-state index is 11.7. The number of aliphatic carboxylic acids is 1. The standard InChI is InChI=1S/C14H19N3O5/c1-10(6-7-14(19)20)16-13(18)8-9-15-11-4-2-3-5-12(11)17(21)22/h2-5,10,15H,6-9H2,1H3,(H,16,18)(H,19,20). The topological polar surface area (TPSA) is 122 Å². The zero-order valence-electron chi connectivity index (χ0n) is 12.2. The minimum absolute atomic E-state index is 0.00406. The molecule has 3 N–H and O–H groups in total. The number of carbonyl (C=O) groups is 2. The Bertz CT molecular complexity index is 547. The number of carbonyl (C=O) groups excluding carboxylic acids is 1. The van der Waals surface area contributed by atoms with Crippen molar-refractivity contribution in [2.75, 3.05) is 11.9 Å². The summed E-state index contributed by atoms with van der Waals surface area (Å²) >= 11 is 0. The Morgan fingerprint density at radius 3 is 2.64 bits per heavy atom. The van der Waals surface area contributed by atoms with Crippen molar-refractivity contribution in [2.45, 2.75) is 32.2 Å². The van der Waals surface area contributed by atoms with Gasteiger partial charge in [-0.2, -0.15) is 0 Å². The molecule has 0 aromatic heterocycles. The van der Waals surface area contributed by atoms with Crippen LogP contribution in [0.1, 0.15) is 26.2 Å². The number of carboxylic acids is 1. The number of nitrogens with zero attached hydrogens (tertiary/aromatic N) is 1. The Morgan fingerprint density at radius 1 is 1.32 bits per heavy atom. The van der Waals surface area contributed by atoms with Crippen LogP contribution in [0.3, 0.4) is 0 Å². The Labute approximate surface area is 127 Å². The molecule has 1 atom stereocenters. The smallest absolute Gasteiger partial charge is 0.303 e. The molecule has 1 aromatic rings. The molecule has 0 saturated carbocycles. The minimum atomic E-state index is -0.904. The van der Waals surface area contributed by atoms with Crippen LogP contribution in [0.5, 0.6) is 0 Å². The number of benzene rings is 1. The Kier molecular flexibility index (Phi) is 6.81. The van der Waals surface area contributed by atoms with Crippen molar-refractivity contribution in [3.05, 3.63) is 34.4 Å². The second-order valence-electron chi connectivity index (χ2n) is 4.85. The fourth-order valence-electron chi connectivity index (χ4n) is 1.85. The number of rotatable bonds is 9. The van der Waals surface area contributed by atoms with Crippen molar-refractivity contribution in [3.8, 4) is 0 Å². The molecule has 120 valence electrons. The van der Waals surface area contributed by atoms with Crippen LogP contribution in [-0.4, -0.2) is 34.5 Å². The summed E-state index contributed by atoms with van der Waals surface area (Å²) in [6.07, 6.45) is 0.498. The predicted molar refractivity (Wildman–Crippen MR) is 80.7 cm³/mol. The molecule has 1 unspecified atom stereocenters. The van der Waals surface area contributed by atoms with Gasteiger partial charge in [0.15, 0.2) is 0 Å². The molecule has 1 amide bonds. The SMILES string of the molecule is CC(CCC(=O)O)NC(=O)CCNc1ccccc1[N+](=O)[O-]. The van der Waals surface area contributed by atoms with E-state index in [0.29, 0.717) is 12.1 Å². The van der Waals surface area contributed by atoms with Gasteiger partial charge in [0.1, 0.15) is 5.69 Å². The molecule has 22 heavy (non-hydrogen) atoms. The molecule has 0 bridgehead atoms. The van der Waals surface area contributed by atoms with Crippen molar-refractivity contribution < 1.29 is 19.6 Å². The average Bonchev–Trinajstić information content (AvgIpc) is 2.45. The number of nitro groups is 1. The first-order chi connectivity index (χ1) is 10.4. The maximum Gasteiger partial charge on any atom is 0.303 e. The number of anilines is 1. The normalized spacial score (nSPS) is 11.5. The van der Waals surface area contributed by atoms with Crippen molar-refractivity contribution >= 4 is 23.3 Å². The van der Waals surface area contributed by atoms with Gasteiger partial charge in [-0.15, -0.1) is 0 Å². The molecule has 0 spiro atoms. The van der Waals surface area contributed by atoms with Crippen LogP contribution in [0, 0.1) is 10.1 Å². The molecule has 0 heterocycles. The van der Waals surface area contributed by atoms with E-state index in [1.807, 2.05) is 0 Å². The highest BCUT2D eigenvalue weighted by molar-refractivity contribution is 5.77. The third-order valence-electron chi connectivity index (χ3n) is 2.97. The highest BCUT2D eigenvalue weighted by Gasteiger charge is 2.13. The molecule has 0 aliphatic carbocycles. The minimum Gasteiger partial charge on any atom is -0.481 e. The first-order valence-electron chi connectivity index (χ1n) is 6.88. The van der Waals surface area contributed by atoms with Crippen molar-refractivity contribution in [2.24, 2.45) is 0 Å². The van der Waals surface area contributed by atoms with E-state index in [0.717, 1.165) is 0 Å². The highest BCUT2D eigenvalue weighted by atomic mass is 16.6. The average molecular weight is 309 g/mol. The van der Waals surface area contributed by atoms with Crippen LogP contribution < -0.4 is 10.6 Å². The lowest BCUT2D eigenvalue weighted by molar-refractivity contribution is -0.384. The van der Waals surface area contributed by atoms with Gasteiger partial charge in [0.05, 0.1) is 4.92 Å². The fourth-order valence-corrected chi connectivity index (χ4v) is 1.85. The molecule has 0 aliphatic heterocycles. The summed E-state index contributed by atoms with van der Waals surface area (Å²) in [6, 6.07) is 5.97. The third kappa shape index (κ3) is 6.21. The van der Waals surface area contributed by atoms with Crippen LogP contribution in [-0.2, 0) is 9.59 Å². The first-order valence-corrected chi connectivity index (χ1v) is 6.88. The quantitative estimate of drug-likeness (QED) is 0.472. The summed E-state index contributed by atoms with van der Waals surface area (Å²) in [7, 11) is 0. The molecule has 8 nitrogen and oxygen atoms in total. The van der Waals surface area contributed by atoms with Gasteiger partial charge in [-0.25, -0.2) is 0 Å². The predicted octanol–water partition coefficient (Wildman–Crippen LogP) is 1.77. The number of nitro benzene ring substituents is 1. The monoisotopic (exact) mass is 309 g/mol. The van der Waals surface area contributed by atoms with Gasteiger partial charge in [-0.1, -0.05) is 12.1 Å². The van der Waals surface area contributed by atoms with E-state index < -0.39 is 10.9 Å². The Balaban J connectivity index is 2.36. The Hall–Kier alpha value is -2.64. The van der Waals surface area contributed by atoms with E-state index in [9.17, 15) is 19.7 Å². The summed E-state index contributed by atoms with van der Waals surface area (Å²) < 4.78 is 0. The third-order valence-corrected chi connectivity index (χ3v) is 2.97. The van der Waals surface area contributed by atoms with Crippen molar-refractivity contribution in [1.82, 2.24) is 5.32 Å². The number of para-hydroxylation sites is 2. The van der Waals surface area contributed by atoms with E-state index in [-0.39, 0.29) is 37.0 Å². The summed E-state index contributed by atoms with van der Waals surface area (Å²) in [5, 5.41) is 24.9. The van der Waals surface area contributed by atoms with E-state index >= 15 is 0 Å². The lowest BCUT2D eigenvalue weighted by Crippen LogP contribution is -2.33. The molecular weight excluding hydrogens is 290 g/mol. The van der Waals surface area contributed by atoms with E-state index in [4.69, 9.17) is 5.11 Å². The molecule has 0 radical (unpaired) electrons. The lowest BCUT2D eigenvalue weighted by Gasteiger charge is -2.13. The molecule has 0 saturated heterocycles. The van der Waals surface area contributed by atoms with E-state index in [1.165, 1.54) is 6.07 Å². The molecule has 1 aromatic carbocycles. The molecule has 0 aliphatic rings. The number of carboxylic acid groups (broad SMARTS) is 1. The van der Waals surface area contributed by atoms with Crippen LogP contribution in [0.2, 0.25) is 0 Å². The number of amides is 1.